The highest BCUT2D eigenvalue weighted by atomic mass is 16.1. The summed E-state index contributed by atoms with van der Waals surface area (Å²) >= 11 is 0. The summed E-state index contributed by atoms with van der Waals surface area (Å²) in [4.78, 5) is 18.1. The van der Waals surface area contributed by atoms with Crippen molar-refractivity contribution in [3.8, 4) is 0 Å². The van der Waals surface area contributed by atoms with Gasteiger partial charge in [-0.25, -0.2) is 19.3 Å². The van der Waals surface area contributed by atoms with Gasteiger partial charge >= 0.3 is 5.69 Å². The van der Waals surface area contributed by atoms with Gasteiger partial charge in [0.05, 0.1) is 0 Å². The van der Waals surface area contributed by atoms with Crippen LogP contribution in [0.4, 0.5) is 5.82 Å². The van der Waals surface area contributed by atoms with Crippen LogP contribution in [0.2, 0.25) is 0 Å². The lowest BCUT2D eigenvalue weighted by Gasteiger charge is -2.32. The molecule has 3 rings (SSSR count). The second-order valence-corrected chi connectivity index (χ2v) is 5.64. The smallest absolute Gasteiger partial charge is 0.348 e. The van der Waals surface area contributed by atoms with E-state index in [1.165, 1.54) is 23.7 Å². The monoisotopic (exact) mass is 290 g/mol. The van der Waals surface area contributed by atoms with E-state index in [4.69, 9.17) is 0 Å². The summed E-state index contributed by atoms with van der Waals surface area (Å²) in [6, 6.07) is 1.87. The van der Waals surface area contributed by atoms with Gasteiger partial charge in [0.2, 0.25) is 0 Å². The van der Waals surface area contributed by atoms with Crippen LogP contribution in [0.1, 0.15) is 26.2 Å². The standard InChI is InChI=1S/C14H22N6O/c1-2-5-15-9-11-3-6-19(7-4-11)12-8-13-17-18-14(21)20(13)10-16-12/h8,10-11,15H,2-7,9H2,1H3,(H,18,21). The van der Waals surface area contributed by atoms with Crippen LogP contribution in [0.3, 0.4) is 0 Å². The molecule has 1 aliphatic rings. The van der Waals surface area contributed by atoms with Crippen LogP contribution in [0.25, 0.3) is 5.65 Å². The lowest BCUT2D eigenvalue weighted by molar-refractivity contribution is 0.382. The second-order valence-electron chi connectivity index (χ2n) is 5.64. The average Bonchev–Trinajstić information content (AvgIpc) is 2.89. The molecule has 0 spiro atoms. The third-order valence-corrected chi connectivity index (χ3v) is 4.09. The van der Waals surface area contributed by atoms with Crippen LogP contribution in [0, 0.1) is 5.92 Å². The van der Waals surface area contributed by atoms with Gasteiger partial charge in [-0.15, -0.1) is 0 Å². The largest absolute Gasteiger partial charge is 0.356 e. The fraction of sp³-hybridized carbons (Fsp3) is 0.643. The molecule has 0 aliphatic carbocycles. The molecule has 2 aromatic heterocycles. The highest BCUT2D eigenvalue weighted by Gasteiger charge is 2.20. The minimum atomic E-state index is -0.246. The first-order chi connectivity index (χ1) is 10.3. The molecule has 1 saturated heterocycles. The summed E-state index contributed by atoms with van der Waals surface area (Å²) in [5.74, 6) is 1.66. The number of nitrogens with one attached hydrogen (secondary N) is 2. The van der Waals surface area contributed by atoms with Crippen LogP contribution >= 0.6 is 0 Å². The van der Waals surface area contributed by atoms with Crippen molar-refractivity contribution in [2.45, 2.75) is 26.2 Å². The first-order valence-corrected chi connectivity index (χ1v) is 7.66. The third kappa shape index (κ3) is 3.07. The molecule has 0 radical (unpaired) electrons. The van der Waals surface area contributed by atoms with E-state index in [0.717, 1.165) is 37.9 Å². The Bertz CT molecular complexity index is 640. The Morgan fingerprint density at radius 3 is 3.00 bits per heavy atom. The van der Waals surface area contributed by atoms with Gasteiger partial charge < -0.3 is 10.2 Å². The zero-order valence-corrected chi connectivity index (χ0v) is 12.4. The molecular formula is C14H22N6O. The Labute approximate surface area is 123 Å². The third-order valence-electron chi connectivity index (χ3n) is 4.09. The Morgan fingerprint density at radius 1 is 1.43 bits per heavy atom. The van der Waals surface area contributed by atoms with Crippen molar-refractivity contribution in [2.75, 3.05) is 31.1 Å². The van der Waals surface area contributed by atoms with Crippen molar-refractivity contribution >= 4 is 11.5 Å². The molecule has 2 N–H and O–H groups in total. The molecule has 0 bridgehead atoms. The summed E-state index contributed by atoms with van der Waals surface area (Å²) in [6.07, 6.45) is 5.09. The predicted molar refractivity (Wildman–Crippen MR) is 81.7 cm³/mol. The zero-order valence-electron chi connectivity index (χ0n) is 12.4. The fourth-order valence-corrected chi connectivity index (χ4v) is 2.82. The number of fused-ring (bicyclic) bond motifs is 1. The number of H-pyrrole nitrogens is 1. The minimum Gasteiger partial charge on any atom is -0.356 e. The number of anilines is 1. The zero-order chi connectivity index (χ0) is 14.7. The molecule has 0 saturated carbocycles. The molecular weight excluding hydrogens is 268 g/mol. The second kappa shape index (κ2) is 6.26. The molecule has 1 fully saturated rings. The average molecular weight is 290 g/mol. The number of piperidine rings is 1. The van der Waals surface area contributed by atoms with E-state index < -0.39 is 0 Å². The molecule has 2 aromatic rings. The van der Waals surface area contributed by atoms with E-state index in [2.05, 4.69) is 32.3 Å². The minimum absolute atomic E-state index is 0.246. The van der Waals surface area contributed by atoms with E-state index in [1.807, 2.05) is 6.07 Å². The molecule has 0 aromatic carbocycles. The number of hydrogen-bond donors (Lipinski definition) is 2. The lowest BCUT2D eigenvalue weighted by Crippen LogP contribution is -2.37. The number of hydrogen-bond acceptors (Lipinski definition) is 5. The van der Waals surface area contributed by atoms with E-state index in [1.54, 1.807) is 6.33 Å². The Balaban J connectivity index is 1.61. The maximum absolute atomic E-state index is 11.4. The maximum atomic E-state index is 11.4. The van der Waals surface area contributed by atoms with Crippen molar-refractivity contribution in [2.24, 2.45) is 5.92 Å². The predicted octanol–water partition coefficient (Wildman–Crippen LogP) is 0.634. The van der Waals surface area contributed by atoms with Gasteiger partial charge in [0.25, 0.3) is 0 Å². The van der Waals surface area contributed by atoms with Gasteiger partial charge in [0, 0.05) is 19.2 Å². The van der Waals surface area contributed by atoms with Crippen molar-refractivity contribution in [1.29, 1.82) is 0 Å². The molecule has 1 aliphatic heterocycles. The first kappa shape index (κ1) is 14.1. The number of rotatable bonds is 5. The maximum Gasteiger partial charge on any atom is 0.348 e. The summed E-state index contributed by atoms with van der Waals surface area (Å²) in [5, 5.41) is 9.92. The van der Waals surface area contributed by atoms with Gasteiger partial charge in [0.15, 0.2) is 5.65 Å². The van der Waals surface area contributed by atoms with Crippen molar-refractivity contribution in [3.63, 3.8) is 0 Å². The van der Waals surface area contributed by atoms with Crippen molar-refractivity contribution in [1.82, 2.24) is 24.9 Å². The summed E-state index contributed by atoms with van der Waals surface area (Å²) < 4.78 is 1.42. The van der Waals surface area contributed by atoms with Crippen molar-refractivity contribution in [3.05, 3.63) is 22.9 Å². The molecule has 114 valence electrons. The first-order valence-electron chi connectivity index (χ1n) is 7.66. The molecule has 0 unspecified atom stereocenters. The van der Waals surface area contributed by atoms with Crippen LogP contribution in [0.5, 0.6) is 0 Å². The van der Waals surface area contributed by atoms with E-state index >= 15 is 0 Å². The Hall–Kier alpha value is -1.89. The van der Waals surface area contributed by atoms with E-state index in [0.29, 0.717) is 5.65 Å². The lowest BCUT2D eigenvalue weighted by atomic mass is 9.97. The fourth-order valence-electron chi connectivity index (χ4n) is 2.82. The molecule has 7 nitrogen and oxygen atoms in total. The molecule has 0 amide bonds. The van der Waals surface area contributed by atoms with Crippen LogP contribution in [-0.2, 0) is 0 Å². The van der Waals surface area contributed by atoms with Crippen LogP contribution < -0.4 is 15.9 Å². The van der Waals surface area contributed by atoms with Gasteiger partial charge in [-0.2, -0.15) is 5.10 Å². The van der Waals surface area contributed by atoms with Crippen molar-refractivity contribution < 1.29 is 0 Å². The summed E-state index contributed by atoms with van der Waals surface area (Å²) in [7, 11) is 0. The molecule has 7 heteroatoms. The normalized spacial score (nSPS) is 16.7. The van der Waals surface area contributed by atoms with E-state index in [-0.39, 0.29) is 5.69 Å². The molecule has 0 atom stereocenters. The van der Waals surface area contributed by atoms with Gasteiger partial charge in [0.1, 0.15) is 12.1 Å². The number of aromatic amines is 1. The SMILES string of the molecule is CCCNCC1CCN(c2cc3n[nH]c(=O)n3cn2)CC1. The van der Waals surface area contributed by atoms with E-state index in [9.17, 15) is 4.79 Å². The topological polar surface area (TPSA) is 78.3 Å². The number of nitrogens with zero attached hydrogens (tertiary/aromatic N) is 4. The molecule has 21 heavy (non-hydrogen) atoms. The number of aromatic nitrogens is 4. The quantitative estimate of drug-likeness (QED) is 0.790. The van der Waals surface area contributed by atoms with Gasteiger partial charge in [-0.05, 0) is 38.3 Å². The van der Waals surface area contributed by atoms with Gasteiger partial charge in [-0.3, -0.25) is 0 Å². The Kier molecular flexibility index (Phi) is 4.19. The van der Waals surface area contributed by atoms with Crippen LogP contribution in [-0.4, -0.2) is 45.8 Å². The van der Waals surface area contributed by atoms with Gasteiger partial charge in [-0.1, -0.05) is 6.92 Å². The highest BCUT2D eigenvalue weighted by molar-refractivity contribution is 5.50. The highest BCUT2D eigenvalue weighted by Crippen LogP contribution is 2.21. The Morgan fingerprint density at radius 2 is 2.24 bits per heavy atom. The summed E-state index contributed by atoms with van der Waals surface area (Å²) in [5.41, 5.74) is 0.376. The van der Waals surface area contributed by atoms with Crippen LogP contribution in [0.15, 0.2) is 17.2 Å². The summed E-state index contributed by atoms with van der Waals surface area (Å²) in [6.45, 7) is 6.43. The molecule has 3 heterocycles.